The maximum atomic E-state index is 12.7. The first-order valence-corrected chi connectivity index (χ1v) is 11.4. The molecule has 5 rings (SSSR count). The van der Waals surface area contributed by atoms with Gasteiger partial charge in [0.25, 0.3) is 5.89 Å². The van der Waals surface area contributed by atoms with Gasteiger partial charge in [-0.1, -0.05) is 29.5 Å². The van der Waals surface area contributed by atoms with Crippen LogP contribution in [-0.2, 0) is 4.74 Å². The van der Waals surface area contributed by atoms with Crippen molar-refractivity contribution in [2.45, 2.75) is 19.4 Å². The van der Waals surface area contributed by atoms with Crippen molar-refractivity contribution in [2.75, 3.05) is 31.6 Å². The third kappa shape index (κ3) is 5.08. The first kappa shape index (κ1) is 23.5. The fourth-order valence-corrected chi connectivity index (χ4v) is 3.82. The molecule has 2 aromatic carbocycles. The molecule has 1 aliphatic heterocycles. The standard InChI is InChI=1S/C24H23F2N7O3/c1-15(16-5-7-17(8-6-16)22-29-30-23(36-22)21(25)26)33-14-20(28-31-33)18-3-2-4-19(13-18)27-24(34)32-9-11-35-12-10-32/h2-8,13-15,21H,9-12H2,1H3,(H,27,34). The number of hydrogen-bond acceptors (Lipinski definition) is 7. The number of amides is 2. The van der Waals surface area contributed by atoms with Crippen LogP contribution in [0.25, 0.3) is 22.7 Å². The van der Waals surface area contributed by atoms with E-state index < -0.39 is 12.3 Å². The van der Waals surface area contributed by atoms with Gasteiger partial charge in [-0.15, -0.1) is 15.3 Å². The molecule has 3 heterocycles. The van der Waals surface area contributed by atoms with Gasteiger partial charge in [0.05, 0.1) is 25.5 Å². The Morgan fingerprint density at radius 1 is 1.03 bits per heavy atom. The van der Waals surface area contributed by atoms with Gasteiger partial charge in [0.1, 0.15) is 5.69 Å². The van der Waals surface area contributed by atoms with Gasteiger partial charge < -0.3 is 19.4 Å². The molecule has 0 aliphatic carbocycles. The van der Waals surface area contributed by atoms with Crippen LogP contribution in [0.5, 0.6) is 0 Å². The predicted octanol–water partition coefficient (Wildman–Crippen LogP) is 4.41. The van der Waals surface area contributed by atoms with E-state index in [0.29, 0.717) is 43.2 Å². The van der Waals surface area contributed by atoms with Gasteiger partial charge in [0.15, 0.2) is 0 Å². The van der Waals surface area contributed by atoms with E-state index in [1.54, 1.807) is 21.7 Å². The minimum absolute atomic E-state index is 0.0353. The molecule has 0 radical (unpaired) electrons. The first-order valence-electron chi connectivity index (χ1n) is 11.4. The molecule has 0 saturated carbocycles. The highest BCUT2D eigenvalue weighted by molar-refractivity contribution is 5.90. The van der Waals surface area contributed by atoms with Crippen molar-refractivity contribution in [1.29, 1.82) is 0 Å². The minimum atomic E-state index is -2.81. The van der Waals surface area contributed by atoms with Gasteiger partial charge in [-0.3, -0.25) is 0 Å². The molecular weight excluding hydrogens is 472 g/mol. The van der Waals surface area contributed by atoms with Crippen LogP contribution in [0.4, 0.5) is 19.3 Å². The Hall–Kier alpha value is -4.19. The molecule has 1 saturated heterocycles. The number of hydrogen-bond donors (Lipinski definition) is 1. The SMILES string of the molecule is CC(c1ccc(-c2nnc(C(F)F)o2)cc1)n1cc(-c2cccc(NC(=O)N3CCOCC3)c2)nn1. The number of alkyl halides is 2. The van der Waals surface area contributed by atoms with Gasteiger partial charge >= 0.3 is 12.5 Å². The van der Waals surface area contributed by atoms with E-state index >= 15 is 0 Å². The van der Waals surface area contributed by atoms with Gasteiger partial charge in [0, 0.05) is 29.9 Å². The zero-order valence-electron chi connectivity index (χ0n) is 19.3. The zero-order valence-corrected chi connectivity index (χ0v) is 19.3. The summed E-state index contributed by atoms with van der Waals surface area (Å²) >= 11 is 0. The number of halogens is 2. The number of nitrogens with zero attached hydrogens (tertiary/aromatic N) is 6. The lowest BCUT2D eigenvalue weighted by molar-refractivity contribution is 0.0564. The van der Waals surface area contributed by atoms with Crippen LogP contribution >= 0.6 is 0 Å². The van der Waals surface area contributed by atoms with Crippen LogP contribution in [0.1, 0.15) is 30.8 Å². The van der Waals surface area contributed by atoms with Gasteiger partial charge in [-0.2, -0.15) is 8.78 Å². The van der Waals surface area contributed by atoms with Crippen LogP contribution in [0.2, 0.25) is 0 Å². The summed E-state index contributed by atoms with van der Waals surface area (Å²) in [5.74, 6) is -0.671. The van der Waals surface area contributed by atoms with Crippen molar-refractivity contribution in [3.63, 3.8) is 0 Å². The summed E-state index contributed by atoms with van der Waals surface area (Å²) in [6.45, 7) is 4.16. The highest BCUT2D eigenvalue weighted by Gasteiger charge is 2.19. The van der Waals surface area contributed by atoms with E-state index in [0.717, 1.165) is 11.1 Å². The minimum Gasteiger partial charge on any atom is -0.415 e. The van der Waals surface area contributed by atoms with Crippen LogP contribution in [0.15, 0.2) is 59.1 Å². The number of carbonyl (C=O) groups excluding carboxylic acids is 1. The largest absolute Gasteiger partial charge is 0.415 e. The van der Waals surface area contributed by atoms with E-state index in [-0.39, 0.29) is 18.0 Å². The lowest BCUT2D eigenvalue weighted by Crippen LogP contribution is -2.43. The summed E-state index contributed by atoms with van der Waals surface area (Å²) in [6, 6.07) is 14.3. The predicted molar refractivity (Wildman–Crippen MR) is 125 cm³/mol. The summed E-state index contributed by atoms with van der Waals surface area (Å²) in [6.07, 6.45) is -0.984. The van der Waals surface area contributed by atoms with Crippen molar-refractivity contribution in [2.24, 2.45) is 0 Å². The Balaban J connectivity index is 1.27. The molecule has 1 N–H and O–H groups in total. The molecule has 1 aliphatic rings. The molecule has 1 fully saturated rings. The fraction of sp³-hybridized carbons (Fsp3) is 0.292. The maximum Gasteiger partial charge on any atom is 0.321 e. The number of ether oxygens (including phenoxy) is 1. The average Bonchev–Trinajstić information content (AvgIpc) is 3.60. The second-order valence-electron chi connectivity index (χ2n) is 8.24. The Bertz CT molecular complexity index is 1330. The molecule has 4 aromatic rings. The smallest absolute Gasteiger partial charge is 0.321 e. The van der Waals surface area contributed by atoms with E-state index in [2.05, 4.69) is 25.8 Å². The highest BCUT2D eigenvalue weighted by atomic mass is 19.3. The monoisotopic (exact) mass is 495 g/mol. The Labute approximate surface area is 204 Å². The Morgan fingerprint density at radius 3 is 2.53 bits per heavy atom. The molecule has 0 bridgehead atoms. The van der Waals surface area contributed by atoms with Crippen molar-refractivity contribution < 1.29 is 22.7 Å². The number of aromatic nitrogens is 5. The maximum absolute atomic E-state index is 12.7. The van der Waals surface area contributed by atoms with Crippen LogP contribution in [-0.4, -0.2) is 62.4 Å². The second kappa shape index (κ2) is 10.2. The first-order chi connectivity index (χ1) is 17.5. The van der Waals surface area contributed by atoms with Crippen molar-refractivity contribution in [3.05, 3.63) is 66.2 Å². The Kier molecular flexibility index (Phi) is 6.67. The van der Waals surface area contributed by atoms with E-state index in [4.69, 9.17) is 9.15 Å². The van der Waals surface area contributed by atoms with Crippen LogP contribution in [0, 0.1) is 0 Å². The van der Waals surface area contributed by atoms with Gasteiger partial charge in [-0.05, 0) is 36.8 Å². The average molecular weight is 495 g/mol. The summed E-state index contributed by atoms with van der Waals surface area (Å²) < 4.78 is 37.4. The molecule has 12 heteroatoms. The zero-order chi connectivity index (χ0) is 25.1. The molecule has 1 unspecified atom stereocenters. The molecular formula is C24H23F2N7O3. The van der Waals surface area contributed by atoms with Crippen molar-refractivity contribution in [3.8, 4) is 22.7 Å². The summed E-state index contributed by atoms with van der Waals surface area (Å²) in [4.78, 5) is 14.2. The number of morpholine rings is 1. The molecule has 1 atom stereocenters. The fourth-order valence-electron chi connectivity index (χ4n) is 3.82. The number of urea groups is 1. The van der Waals surface area contributed by atoms with Crippen molar-refractivity contribution in [1.82, 2.24) is 30.1 Å². The molecule has 0 spiro atoms. The molecule has 2 aromatic heterocycles. The Morgan fingerprint density at radius 2 is 1.81 bits per heavy atom. The molecule has 186 valence electrons. The molecule has 10 nitrogen and oxygen atoms in total. The number of rotatable bonds is 6. The summed E-state index contributed by atoms with van der Waals surface area (Å²) in [5, 5.41) is 18.5. The van der Waals surface area contributed by atoms with E-state index in [9.17, 15) is 13.6 Å². The second-order valence-corrected chi connectivity index (χ2v) is 8.24. The van der Waals surface area contributed by atoms with E-state index in [1.807, 2.05) is 49.5 Å². The third-order valence-electron chi connectivity index (χ3n) is 5.88. The van der Waals surface area contributed by atoms with Crippen LogP contribution < -0.4 is 5.32 Å². The lowest BCUT2D eigenvalue weighted by Gasteiger charge is -2.26. The summed E-state index contributed by atoms with van der Waals surface area (Å²) in [5.41, 5.74) is 3.61. The number of anilines is 1. The lowest BCUT2D eigenvalue weighted by atomic mass is 10.1. The van der Waals surface area contributed by atoms with Crippen LogP contribution in [0.3, 0.4) is 0 Å². The third-order valence-corrected chi connectivity index (χ3v) is 5.88. The van der Waals surface area contributed by atoms with Gasteiger partial charge in [0.2, 0.25) is 5.89 Å². The summed E-state index contributed by atoms with van der Waals surface area (Å²) in [7, 11) is 0. The normalized spacial score (nSPS) is 14.7. The number of carbonyl (C=O) groups is 1. The topological polar surface area (TPSA) is 111 Å². The van der Waals surface area contributed by atoms with Gasteiger partial charge in [-0.25, -0.2) is 9.48 Å². The number of nitrogens with one attached hydrogen (secondary N) is 1. The number of benzene rings is 2. The highest BCUT2D eigenvalue weighted by Crippen LogP contribution is 2.27. The molecule has 2 amide bonds. The van der Waals surface area contributed by atoms with E-state index in [1.165, 1.54) is 0 Å². The van der Waals surface area contributed by atoms with Crippen molar-refractivity contribution >= 4 is 11.7 Å². The molecule has 36 heavy (non-hydrogen) atoms. The quantitative estimate of drug-likeness (QED) is 0.422.